The highest BCUT2D eigenvalue weighted by Gasteiger charge is 1.98. The van der Waals surface area contributed by atoms with Gasteiger partial charge in [0.05, 0.1) is 0 Å². The van der Waals surface area contributed by atoms with Crippen LogP contribution in [0.15, 0.2) is 62.8 Å². The quantitative estimate of drug-likeness (QED) is 0.885. The Morgan fingerprint density at radius 2 is 1.75 bits per heavy atom. The third-order valence-corrected chi connectivity index (χ3v) is 3.70. The van der Waals surface area contributed by atoms with E-state index in [1.165, 1.54) is 9.79 Å². The Labute approximate surface area is 108 Å². The molecule has 2 aromatic carbocycles. The Bertz CT molecular complexity index is 468. The van der Waals surface area contributed by atoms with Crippen LogP contribution in [0.2, 0.25) is 0 Å². The topological polar surface area (TPSA) is 12.0 Å². The molecule has 2 aromatic rings. The van der Waals surface area contributed by atoms with Gasteiger partial charge in [0.2, 0.25) is 0 Å². The highest BCUT2D eigenvalue weighted by Crippen LogP contribution is 2.29. The van der Waals surface area contributed by atoms with Gasteiger partial charge in [-0.1, -0.05) is 33.8 Å². The Hall–Kier alpha value is -0.930. The minimum atomic E-state index is 1.11. The zero-order valence-electron chi connectivity index (χ0n) is 8.91. The molecule has 3 heteroatoms. The summed E-state index contributed by atoms with van der Waals surface area (Å²) in [5.41, 5.74) is 1.14. The molecule has 0 saturated carbocycles. The van der Waals surface area contributed by atoms with Crippen molar-refractivity contribution in [2.75, 3.05) is 12.4 Å². The van der Waals surface area contributed by atoms with Crippen molar-refractivity contribution in [2.45, 2.75) is 9.79 Å². The van der Waals surface area contributed by atoms with E-state index < -0.39 is 0 Å². The van der Waals surface area contributed by atoms with Crippen LogP contribution in [0, 0.1) is 0 Å². The molecule has 0 spiro atoms. The van der Waals surface area contributed by atoms with Gasteiger partial charge in [-0.15, -0.1) is 0 Å². The van der Waals surface area contributed by atoms with Gasteiger partial charge in [-0.2, -0.15) is 0 Å². The Morgan fingerprint density at radius 1 is 1.00 bits per heavy atom. The molecule has 0 amide bonds. The molecule has 82 valence electrons. The predicted molar refractivity (Wildman–Crippen MR) is 74.3 cm³/mol. The number of benzene rings is 2. The average molecular weight is 294 g/mol. The molecule has 0 bridgehead atoms. The first-order valence-corrected chi connectivity index (χ1v) is 6.60. The largest absolute Gasteiger partial charge is 0.388 e. The molecule has 0 aliphatic carbocycles. The molecular formula is C13H12BrNS. The standard InChI is InChI=1S/C13H12BrNS/c1-15-11-3-2-4-13(9-11)16-12-7-5-10(14)6-8-12/h2-9,15H,1H3. The van der Waals surface area contributed by atoms with Gasteiger partial charge >= 0.3 is 0 Å². The van der Waals surface area contributed by atoms with E-state index in [2.05, 4.69) is 69.8 Å². The third-order valence-electron chi connectivity index (χ3n) is 2.17. The zero-order chi connectivity index (χ0) is 11.4. The molecule has 0 aromatic heterocycles. The van der Waals surface area contributed by atoms with Crippen LogP contribution in [-0.4, -0.2) is 7.05 Å². The van der Waals surface area contributed by atoms with Crippen molar-refractivity contribution in [3.05, 3.63) is 53.0 Å². The van der Waals surface area contributed by atoms with Crippen LogP contribution in [-0.2, 0) is 0 Å². The third kappa shape index (κ3) is 3.03. The zero-order valence-corrected chi connectivity index (χ0v) is 11.3. The molecule has 0 aliphatic rings. The molecule has 1 nitrogen and oxygen atoms in total. The Kier molecular flexibility index (Phi) is 3.91. The molecule has 2 rings (SSSR count). The fourth-order valence-electron chi connectivity index (χ4n) is 1.35. The van der Waals surface area contributed by atoms with Crippen LogP contribution in [0.5, 0.6) is 0 Å². The summed E-state index contributed by atoms with van der Waals surface area (Å²) in [4.78, 5) is 2.49. The van der Waals surface area contributed by atoms with Gasteiger partial charge in [0.15, 0.2) is 0 Å². The molecule has 0 fully saturated rings. The molecule has 0 unspecified atom stereocenters. The highest BCUT2D eigenvalue weighted by atomic mass is 79.9. The monoisotopic (exact) mass is 293 g/mol. The van der Waals surface area contributed by atoms with E-state index in [4.69, 9.17) is 0 Å². The van der Waals surface area contributed by atoms with E-state index in [-0.39, 0.29) is 0 Å². The fourth-order valence-corrected chi connectivity index (χ4v) is 2.49. The lowest BCUT2D eigenvalue weighted by Crippen LogP contribution is -1.86. The van der Waals surface area contributed by atoms with E-state index in [1.807, 2.05) is 7.05 Å². The van der Waals surface area contributed by atoms with Crippen molar-refractivity contribution < 1.29 is 0 Å². The number of halogens is 1. The van der Waals surface area contributed by atoms with Crippen LogP contribution >= 0.6 is 27.7 Å². The van der Waals surface area contributed by atoms with Crippen LogP contribution < -0.4 is 5.32 Å². The summed E-state index contributed by atoms with van der Waals surface area (Å²) < 4.78 is 1.11. The van der Waals surface area contributed by atoms with Crippen molar-refractivity contribution in [1.29, 1.82) is 0 Å². The SMILES string of the molecule is CNc1cccc(Sc2ccc(Br)cc2)c1. The number of hydrogen-bond acceptors (Lipinski definition) is 2. The Morgan fingerprint density at radius 3 is 2.44 bits per heavy atom. The summed E-state index contributed by atoms with van der Waals surface area (Å²) in [6, 6.07) is 16.7. The lowest BCUT2D eigenvalue weighted by Gasteiger charge is -2.04. The minimum absolute atomic E-state index is 1.11. The van der Waals surface area contributed by atoms with Gasteiger partial charge in [0.25, 0.3) is 0 Å². The molecule has 0 radical (unpaired) electrons. The van der Waals surface area contributed by atoms with E-state index in [1.54, 1.807) is 11.8 Å². The minimum Gasteiger partial charge on any atom is -0.388 e. The second-order valence-corrected chi connectivity index (χ2v) is 5.40. The van der Waals surface area contributed by atoms with Crippen molar-refractivity contribution in [3.8, 4) is 0 Å². The maximum absolute atomic E-state index is 3.43. The van der Waals surface area contributed by atoms with E-state index in [9.17, 15) is 0 Å². The van der Waals surface area contributed by atoms with Gasteiger partial charge in [0, 0.05) is 27.0 Å². The average Bonchev–Trinajstić information content (AvgIpc) is 2.32. The van der Waals surface area contributed by atoms with E-state index in [0.29, 0.717) is 0 Å². The lowest BCUT2D eigenvalue weighted by molar-refractivity contribution is 1.38. The number of rotatable bonds is 3. The van der Waals surface area contributed by atoms with Crippen LogP contribution in [0.3, 0.4) is 0 Å². The van der Waals surface area contributed by atoms with Gasteiger partial charge in [-0.3, -0.25) is 0 Å². The van der Waals surface area contributed by atoms with Crippen molar-refractivity contribution in [3.63, 3.8) is 0 Å². The Balaban J connectivity index is 2.16. The molecule has 1 N–H and O–H groups in total. The lowest BCUT2D eigenvalue weighted by atomic mass is 10.3. The van der Waals surface area contributed by atoms with Crippen LogP contribution in [0.1, 0.15) is 0 Å². The van der Waals surface area contributed by atoms with Crippen molar-refractivity contribution >= 4 is 33.4 Å². The summed E-state index contributed by atoms with van der Waals surface area (Å²) in [5, 5.41) is 3.14. The summed E-state index contributed by atoms with van der Waals surface area (Å²) in [6.07, 6.45) is 0. The smallest absolute Gasteiger partial charge is 0.0348 e. The number of anilines is 1. The predicted octanol–water partition coefficient (Wildman–Crippen LogP) is 4.64. The highest BCUT2D eigenvalue weighted by molar-refractivity contribution is 9.10. The maximum atomic E-state index is 3.43. The van der Waals surface area contributed by atoms with Crippen LogP contribution in [0.4, 0.5) is 5.69 Å². The number of hydrogen-bond donors (Lipinski definition) is 1. The first kappa shape index (κ1) is 11.6. The second-order valence-electron chi connectivity index (χ2n) is 3.33. The first-order valence-electron chi connectivity index (χ1n) is 4.99. The summed E-state index contributed by atoms with van der Waals surface area (Å²) in [7, 11) is 1.93. The molecule has 16 heavy (non-hydrogen) atoms. The summed E-state index contributed by atoms with van der Waals surface area (Å²) in [5.74, 6) is 0. The molecule has 0 aliphatic heterocycles. The molecular weight excluding hydrogens is 282 g/mol. The van der Waals surface area contributed by atoms with Gasteiger partial charge < -0.3 is 5.32 Å². The van der Waals surface area contributed by atoms with E-state index >= 15 is 0 Å². The van der Waals surface area contributed by atoms with Crippen molar-refractivity contribution in [2.24, 2.45) is 0 Å². The van der Waals surface area contributed by atoms with Gasteiger partial charge in [0.1, 0.15) is 0 Å². The fraction of sp³-hybridized carbons (Fsp3) is 0.0769. The molecule has 0 heterocycles. The first-order chi connectivity index (χ1) is 7.78. The summed E-state index contributed by atoms with van der Waals surface area (Å²) in [6.45, 7) is 0. The molecule has 0 atom stereocenters. The number of nitrogens with one attached hydrogen (secondary N) is 1. The van der Waals surface area contributed by atoms with Gasteiger partial charge in [-0.05, 0) is 42.5 Å². The molecule has 0 saturated heterocycles. The second kappa shape index (κ2) is 5.41. The van der Waals surface area contributed by atoms with Gasteiger partial charge in [-0.25, -0.2) is 0 Å². The van der Waals surface area contributed by atoms with Crippen molar-refractivity contribution in [1.82, 2.24) is 0 Å². The summed E-state index contributed by atoms with van der Waals surface area (Å²) >= 11 is 5.20. The van der Waals surface area contributed by atoms with Crippen LogP contribution in [0.25, 0.3) is 0 Å². The normalized spacial score (nSPS) is 10.1. The maximum Gasteiger partial charge on any atom is 0.0348 e. The van der Waals surface area contributed by atoms with E-state index in [0.717, 1.165) is 10.2 Å².